The van der Waals surface area contributed by atoms with Crippen LogP contribution >= 0.6 is 0 Å². The summed E-state index contributed by atoms with van der Waals surface area (Å²) in [4.78, 5) is 20.6. The fourth-order valence-electron chi connectivity index (χ4n) is 2.65. The molecule has 0 bridgehead atoms. The van der Waals surface area contributed by atoms with Gasteiger partial charge >= 0.3 is 0 Å². The highest BCUT2D eigenvalue weighted by atomic mass is 16.2. The fraction of sp³-hybridized carbons (Fsp3) is 0.625. The lowest BCUT2D eigenvalue weighted by Gasteiger charge is -2.36. The van der Waals surface area contributed by atoms with Crippen LogP contribution < -0.4 is 5.73 Å². The Kier molecular flexibility index (Phi) is 6.14. The Balaban J connectivity index is 1.76. The summed E-state index contributed by atoms with van der Waals surface area (Å²) in [6.45, 7) is 6.43. The highest BCUT2D eigenvalue weighted by molar-refractivity contribution is 5.81. The van der Waals surface area contributed by atoms with Gasteiger partial charge in [-0.3, -0.25) is 14.7 Å². The van der Waals surface area contributed by atoms with E-state index in [-0.39, 0.29) is 11.9 Å². The summed E-state index contributed by atoms with van der Waals surface area (Å²) in [6, 6.07) is 3.76. The Morgan fingerprint density at radius 1 is 1.29 bits per heavy atom. The van der Waals surface area contributed by atoms with E-state index in [1.807, 2.05) is 29.4 Å². The van der Waals surface area contributed by atoms with Gasteiger partial charge in [0.1, 0.15) is 0 Å². The smallest absolute Gasteiger partial charge is 0.239 e. The van der Waals surface area contributed by atoms with Crippen molar-refractivity contribution in [2.75, 3.05) is 26.2 Å². The molecule has 116 valence electrons. The van der Waals surface area contributed by atoms with E-state index in [2.05, 4.69) is 16.8 Å². The van der Waals surface area contributed by atoms with Crippen molar-refractivity contribution in [1.29, 1.82) is 0 Å². The minimum atomic E-state index is -0.323. The normalized spacial score (nSPS) is 17.7. The van der Waals surface area contributed by atoms with Crippen molar-refractivity contribution >= 4 is 5.91 Å². The van der Waals surface area contributed by atoms with Gasteiger partial charge < -0.3 is 10.6 Å². The molecule has 0 unspecified atom stereocenters. The first-order chi connectivity index (χ1) is 10.2. The number of hydrogen-bond donors (Lipinski definition) is 1. The molecular formula is C16H26N4O. The third-order valence-electron chi connectivity index (χ3n) is 4.03. The average Bonchev–Trinajstić information content (AvgIpc) is 2.53. The molecule has 1 aromatic heterocycles. The van der Waals surface area contributed by atoms with Crippen molar-refractivity contribution in [1.82, 2.24) is 14.8 Å². The van der Waals surface area contributed by atoms with Gasteiger partial charge in [-0.15, -0.1) is 0 Å². The maximum atomic E-state index is 12.2. The summed E-state index contributed by atoms with van der Waals surface area (Å²) in [5.41, 5.74) is 7.25. The number of carbonyl (C=O) groups is 1. The van der Waals surface area contributed by atoms with Gasteiger partial charge in [0, 0.05) is 45.1 Å². The van der Waals surface area contributed by atoms with Crippen LogP contribution in [-0.2, 0) is 11.3 Å². The van der Waals surface area contributed by atoms with Crippen molar-refractivity contribution in [2.45, 2.75) is 38.8 Å². The quantitative estimate of drug-likeness (QED) is 0.856. The van der Waals surface area contributed by atoms with E-state index >= 15 is 0 Å². The Hall–Kier alpha value is -1.46. The second kappa shape index (κ2) is 8.10. The lowest BCUT2D eigenvalue weighted by molar-refractivity contribution is -0.134. The maximum Gasteiger partial charge on any atom is 0.239 e. The van der Waals surface area contributed by atoms with Gasteiger partial charge in [-0.25, -0.2) is 0 Å². The standard InChI is InChI=1S/C16H26N4O/c1-2-3-4-15(17)16(21)20-11-9-19(10-12-20)13-14-5-7-18-8-6-14/h5-8,15H,2-4,9-13,17H2,1H3/t15-/m0/s1. The summed E-state index contributed by atoms with van der Waals surface area (Å²) in [7, 11) is 0. The molecule has 1 aliphatic heterocycles. The van der Waals surface area contributed by atoms with Gasteiger partial charge in [0.25, 0.3) is 0 Å². The Labute approximate surface area is 127 Å². The molecular weight excluding hydrogens is 264 g/mol. The molecule has 5 heteroatoms. The van der Waals surface area contributed by atoms with Crippen LogP contribution in [0.15, 0.2) is 24.5 Å². The Morgan fingerprint density at radius 2 is 1.95 bits per heavy atom. The minimum absolute atomic E-state index is 0.118. The van der Waals surface area contributed by atoms with E-state index in [1.54, 1.807) is 0 Å². The molecule has 0 spiro atoms. The number of nitrogens with two attached hydrogens (primary N) is 1. The van der Waals surface area contributed by atoms with Crippen molar-refractivity contribution < 1.29 is 4.79 Å². The SMILES string of the molecule is CCCC[C@H](N)C(=O)N1CCN(Cc2ccncc2)CC1. The lowest BCUT2D eigenvalue weighted by Crippen LogP contribution is -2.52. The Bertz CT molecular complexity index is 429. The third-order valence-corrected chi connectivity index (χ3v) is 4.03. The largest absolute Gasteiger partial charge is 0.339 e. The van der Waals surface area contributed by atoms with Crippen LogP contribution in [0.25, 0.3) is 0 Å². The average molecular weight is 290 g/mol. The van der Waals surface area contributed by atoms with E-state index in [9.17, 15) is 4.79 Å². The molecule has 1 atom stereocenters. The molecule has 1 aliphatic rings. The van der Waals surface area contributed by atoms with Crippen LogP contribution in [0.3, 0.4) is 0 Å². The van der Waals surface area contributed by atoms with E-state index < -0.39 is 0 Å². The number of rotatable bonds is 6. The molecule has 2 rings (SSSR count). The van der Waals surface area contributed by atoms with Gasteiger partial charge in [-0.2, -0.15) is 0 Å². The topological polar surface area (TPSA) is 62.5 Å². The van der Waals surface area contributed by atoms with Gasteiger partial charge in [-0.1, -0.05) is 19.8 Å². The van der Waals surface area contributed by atoms with Gasteiger partial charge in [0.05, 0.1) is 6.04 Å². The molecule has 0 aromatic carbocycles. The van der Waals surface area contributed by atoms with E-state index in [0.717, 1.165) is 52.0 Å². The number of amides is 1. The third kappa shape index (κ3) is 4.79. The number of carbonyl (C=O) groups excluding carboxylic acids is 1. The lowest BCUT2D eigenvalue weighted by atomic mass is 10.1. The highest BCUT2D eigenvalue weighted by Gasteiger charge is 2.24. The van der Waals surface area contributed by atoms with Crippen molar-refractivity contribution in [2.24, 2.45) is 5.73 Å². The van der Waals surface area contributed by atoms with Crippen molar-refractivity contribution in [3.8, 4) is 0 Å². The maximum absolute atomic E-state index is 12.2. The summed E-state index contributed by atoms with van der Waals surface area (Å²) < 4.78 is 0. The molecule has 1 amide bonds. The number of pyridine rings is 1. The summed E-state index contributed by atoms with van der Waals surface area (Å²) in [5, 5.41) is 0. The molecule has 21 heavy (non-hydrogen) atoms. The van der Waals surface area contributed by atoms with Crippen LogP contribution in [0.5, 0.6) is 0 Å². The summed E-state index contributed by atoms with van der Waals surface area (Å²) in [6.07, 6.45) is 6.55. The summed E-state index contributed by atoms with van der Waals surface area (Å²) in [5.74, 6) is 0.118. The van der Waals surface area contributed by atoms with E-state index in [4.69, 9.17) is 5.73 Å². The molecule has 0 radical (unpaired) electrons. The molecule has 2 heterocycles. The van der Waals surface area contributed by atoms with Crippen LogP contribution in [0.4, 0.5) is 0 Å². The fourth-order valence-corrected chi connectivity index (χ4v) is 2.65. The number of hydrogen-bond acceptors (Lipinski definition) is 4. The van der Waals surface area contributed by atoms with E-state index in [0.29, 0.717) is 0 Å². The van der Waals surface area contributed by atoms with Crippen LogP contribution in [-0.4, -0.2) is 52.9 Å². The molecule has 2 N–H and O–H groups in total. The zero-order chi connectivity index (χ0) is 15.1. The van der Waals surface area contributed by atoms with Crippen LogP contribution in [0, 0.1) is 0 Å². The molecule has 1 saturated heterocycles. The van der Waals surface area contributed by atoms with Gasteiger partial charge in [0.15, 0.2) is 0 Å². The van der Waals surface area contributed by atoms with E-state index in [1.165, 1.54) is 5.56 Å². The first-order valence-corrected chi connectivity index (χ1v) is 7.86. The van der Waals surface area contributed by atoms with Gasteiger partial charge in [0.2, 0.25) is 5.91 Å². The number of nitrogens with zero attached hydrogens (tertiary/aromatic N) is 3. The molecule has 0 aliphatic carbocycles. The molecule has 5 nitrogen and oxygen atoms in total. The first kappa shape index (κ1) is 15.9. The monoisotopic (exact) mass is 290 g/mol. The predicted molar refractivity (Wildman–Crippen MR) is 83.6 cm³/mol. The highest BCUT2D eigenvalue weighted by Crippen LogP contribution is 2.10. The van der Waals surface area contributed by atoms with Gasteiger partial charge in [-0.05, 0) is 24.1 Å². The molecule has 1 fully saturated rings. The second-order valence-electron chi connectivity index (χ2n) is 5.71. The second-order valence-corrected chi connectivity index (χ2v) is 5.71. The Morgan fingerprint density at radius 3 is 2.57 bits per heavy atom. The van der Waals surface area contributed by atoms with Crippen LogP contribution in [0.1, 0.15) is 31.7 Å². The zero-order valence-corrected chi connectivity index (χ0v) is 12.9. The zero-order valence-electron chi connectivity index (χ0n) is 12.9. The summed E-state index contributed by atoms with van der Waals surface area (Å²) >= 11 is 0. The van der Waals surface area contributed by atoms with Crippen molar-refractivity contribution in [3.05, 3.63) is 30.1 Å². The molecule has 0 saturated carbocycles. The number of aromatic nitrogens is 1. The first-order valence-electron chi connectivity index (χ1n) is 7.86. The minimum Gasteiger partial charge on any atom is -0.339 e. The van der Waals surface area contributed by atoms with Crippen LogP contribution in [0.2, 0.25) is 0 Å². The number of unbranched alkanes of at least 4 members (excludes halogenated alkanes) is 1. The van der Waals surface area contributed by atoms with Crippen molar-refractivity contribution in [3.63, 3.8) is 0 Å². The number of piperazine rings is 1. The molecule has 1 aromatic rings. The predicted octanol–water partition coefficient (Wildman–Crippen LogP) is 1.24.